The maximum Gasteiger partial charge on any atom is 0.262 e. The molecule has 4 nitrogen and oxygen atoms in total. The van der Waals surface area contributed by atoms with Crippen LogP contribution in [0.3, 0.4) is 0 Å². The van der Waals surface area contributed by atoms with Crippen LogP contribution >= 0.6 is 11.3 Å². The van der Waals surface area contributed by atoms with Crippen LogP contribution < -0.4 is 10.1 Å². The third-order valence-corrected chi connectivity index (χ3v) is 5.41. The number of nitriles is 1. The first kappa shape index (κ1) is 16.5. The maximum atomic E-state index is 12.2. The fourth-order valence-electron chi connectivity index (χ4n) is 2.97. The number of nitrogens with one attached hydrogen (secondary N) is 1. The summed E-state index contributed by atoms with van der Waals surface area (Å²) in [5.74, 6) is 1.07. The Morgan fingerprint density at radius 1 is 1.50 bits per heavy atom. The Morgan fingerprint density at radius 3 is 3.08 bits per heavy atom. The molecule has 1 aliphatic carbocycles. The fraction of sp³-hybridized carbons (Fsp3) is 0.368. The van der Waals surface area contributed by atoms with Gasteiger partial charge in [0.2, 0.25) is 0 Å². The van der Waals surface area contributed by atoms with E-state index in [1.54, 1.807) is 0 Å². The Balaban J connectivity index is 1.67. The zero-order chi connectivity index (χ0) is 17.1. The van der Waals surface area contributed by atoms with E-state index < -0.39 is 0 Å². The number of amides is 1. The lowest BCUT2D eigenvalue weighted by Gasteiger charge is -2.17. The highest BCUT2D eigenvalue weighted by atomic mass is 32.1. The number of rotatable bonds is 4. The summed E-state index contributed by atoms with van der Waals surface area (Å²) in [6, 6.07) is 9.84. The zero-order valence-electron chi connectivity index (χ0n) is 13.9. The van der Waals surface area contributed by atoms with Gasteiger partial charge < -0.3 is 10.1 Å². The lowest BCUT2D eigenvalue weighted by Crippen LogP contribution is -2.20. The van der Waals surface area contributed by atoms with Crippen LogP contribution in [-0.4, -0.2) is 12.5 Å². The summed E-state index contributed by atoms with van der Waals surface area (Å²) in [6.07, 6.45) is 3.01. The highest BCUT2D eigenvalue weighted by Gasteiger charge is 2.24. The number of carbonyl (C=O) groups is 1. The molecule has 0 bridgehead atoms. The predicted octanol–water partition coefficient (Wildman–Crippen LogP) is 4.07. The van der Waals surface area contributed by atoms with Crippen LogP contribution in [0, 0.1) is 24.2 Å². The van der Waals surface area contributed by atoms with Crippen molar-refractivity contribution < 1.29 is 9.53 Å². The van der Waals surface area contributed by atoms with E-state index in [9.17, 15) is 10.1 Å². The molecule has 1 heterocycles. The quantitative estimate of drug-likeness (QED) is 0.912. The van der Waals surface area contributed by atoms with Gasteiger partial charge in [0.1, 0.15) is 16.8 Å². The molecule has 0 unspecified atom stereocenters. The average molecular weight is 340 g/mol. The van der Waals surface area contributed by atoms with Gasteiger partial charge in [-0.05, 0) is 55.4 Å². The molecule has 1 aromatic carbocycles. The molecule has 1 aliphatic rings. The van der Waals surface area contributed by atoms with Gasteiger partial charge in [-0.15, -0.1) is 11.3 Å². The second kappa shape index (κ2) is 7.06. The molecule has 1 atom stereocenters. The topological polar surface area (TPSA) is 62.1 Å². The molecule has 1 N–H and O–H groups in total. The van der Waals surface area contributed by atoms with Crippen molar-refractivity contribution >= 4 is 22.2 Å². The van der Waals surface area contributed by atoms with Gasteiger partial charge in [-0.1, -0.05) is 19.1 Å². The summed E-state index contributed by atoms with van der Waals surface area (Å²) in [6.45, 7) is 4.14. The zero-order valence-corrected chi connectivity index (χ0v) is 14.7. The van der Waals surface area contributed by atoms with E-state index in [-0.39, 0.29) is 12.5 Å². The number of hydrogen-bond acceptors (Lipinski definition) is 4. The molecule has 0 radical (unpaired) electrons. The Morgan fingerprint density at radius 2 is 2.33 bits per heavy atom. The van der Waals surface area contributed by atoms with Crippen molar-refractivity contribution in [1.29, 1.82) is 5.26 Å². The Labute approximate surface area is 146 Å². The van der Waals surface area contributed by atoms with Gasteiger partial charge in [-0.3, -0.25) is 4.79 Å². The van der Waals surface area contributed by atoms with Crippen LogP contribution in [0.2, 0.25) is 0 Å². The number of aryl methyl sites for hydroxylation is 1. The first-order valence-electron chi connectivity index (χ1n) is 8.10. The number of nitrogens with zero attached hydrogens (tertiary/aromatic N) is 1. The van der Waals surface area contributed by atoms with Crippen molar-refractivity contribution in [2.45, 2.75) is 33.1 Å². The minimum atomic E-state index is -0.236. The summed E-state index contributed by atoms with van der Waals surface area (Å²) < 4.78 is 5.52. The number of hydrogen-bond donors (Lipinski definition) is 1. The van der Waals surface area contributed by atoms with E-state index >= 15 is 0 Å². The van der Waals surface area contributed by atoms with E-state index in [0.29, 0.717) is 22.2 Å². The van der Waals surface area contributed by atoms with Crippen molar-refractivity contribution in [2.24, 2.45) is 5.92 Å². The minimum Gasteiger partial charge on any atom is -0.484 e. The molecule has 3 rings (SSSR count). The highest BCUT2D eigenvalue weighted by molar-refractivity contribution is 7.16. The molecular formula is C19H20N2O2S. The largest absolute Gasteiger partial charge is 0.484 e. The monoisotopic (exact) mass is 340 g/mol. The molecule has 124 valence electrons. The van der Waals surface area contributed by atoms with E-state index in [2.05, 4.69) is 18.3 Å². The van der Waals surface area contributed by atoms with Gasteiger partial charge in [0.25, 0.3) is 5.91 Å². The summed E-state index contributed by atoms with van der Waals surface area (Å²) >= 11 is 1.53. The van der Waals surface area contributed by atoms with Crippen molar-refractivity contribution in [3.05, 3.63) is 45.8 Å². The molecule has 0 fully saturated rings. The molecule has 24 heavy (non-hydrogen) atoms. The number of fused-ring (bicyclic) bond motifs is 1. The van der Waals surface area contributed by atoms with Crippen molar-refractivity contribution in [2.75, 3.05) is 11.9 Å². The molecule has 5 heteroatoms. The number of thiophene rings is 1. The SMILES string of the molecule is Cc1cccc(OCC(=O)Nc2sc3c(c2C#N)CC[C@H](C)C3)c1. The van der Waals surface area contributed by atoms with Gasteiger partial charge in [0.15, 0.2) is 6.61 Å². The Hall–Kier alpha value is -2.32. The molecule has 0 saturated heterocycles. The molecule has 0 saturated carbocycles. The fourth-order valence-corrected chi connectivity index (χ4v) is 4.35. The number of ether oxygens (including phenoxy) is 1. The van der Waals surface area contributed by atoms with Gasteiger partial charge in [0.05, 0.1) is 5.56 Å². The van der Waals surface area contributed by atoms with Crippen LogP contribution in [0.25, 0.3) is 0 Å². The third kappa shape index (κ3) is 3.60. The molecule has 1 aromatic heterocycles. The number of anilines is 1. The number of carbonyl (C=O) groups excluding carboxylic acids is 1. The average Bonchev–Trinajstić information content (AvgIpc) is 2.89. The first-order valence-corrected chi connectivity index (χ1v) is 8.92. The van der Waals surface area contributed by atoms with Crippen LogP contribution in [0.4, 0.5) is 5.00 Å². The van der Waals surface area contributed by atoms with E-state index in [4.69, 9.17) is 4.74 Å². The van der Waals surface area contributed by atoms with Crippen LogP contribution in [0.15, 0.2) is 24.3 Å². The highest BCUT2D eigenvalue weighted by Crippen LogP contribution is 2.39. The standard InChI is InChI=1S/C19H20N2O2S/c1-12-4-3-5-14(8-12)23-11-18(22)21-19-16(10-20)15-7-6-13(2)9-17(15)24-19/h3-5,8,13H,6-7,9,11H2,1-2H3,(H,21,22)/t13-/m0/s1. The third-order valence-electron chi connectivity index (χ3n) is 4.24. The summed E-state index contributed by atoms with van der Waals surface area (Å²) in [5.41, 5.74) is 2.83. The van der Waals surface area contributed by atoms with Crippen molar-refractivity contribution in [1.82, 2.24) is 0 Å². The van der Waals surface area contributed by atoms with Gasteiger partial charge in [-0.25, -0.2) is 0 Å². The first-order chi connectivity index (χ1) is 11.6. The summed E-state index contributed by atoms with van der Waals surface area (Å²) in [7, 11) is 0. The Kier molecular flexibility index (Phi) is 4.86. The van der Waals surface area contributed by atoms with Crippen LogP contribution in [0.5, 0.6) is 5.75 Å². The molecule has 2 aromatic rings. The van der Waals surface area contributed by atoms with Gasteiger partial charge >= 0.3 is 0 Å². The Bertz CT molecular complexity index is 804. The smallest absolute Gasteiger partial charge is 0.262 e. The minimum absolute atomic E-state index is 0.0622. The molecule has 0 aliphatic heterocycles. The normalized spacial score (nSPS) is 16.1. The van der Waals surface area contributed by atoms with E-state index in [0.717, 1.165) is 30.4 Å². The molecule has 0 spiro atoms. The second-order valence-corrected chi connectivity index (χ2v) is 7.43. The van der Waals surface area contributed by atoms with Crippen molar-refractivity contribution in [3.8, 4) is 11.8 Å². The van der Waals surface area contributed by atoms with E-state index in [1.807, 2.05) is 31.2 Å². The van der Waals surface area contributed by atoms with Crippen LogP contribution in [0.1, 0.15) is 34.9 Å². The van der Waals surface area contributed by atoms with E-state index in [1.165, 1.54) is 16.2 Å². The maximum absolute atomic E-state index is 12.2. The van der Waals surface area contributed by atoms with Crippen LogP contribution in [-0.2, 0) is 17.6 Å². The van der Waals surface area contributed by atoms with Gasteiger partial charge in [-0.2, -0.15) is 5.26 Å². The lowest BCUT2D eigenvalue weighted by molar-refractivity contribution is -0.118. The summed E-state index contributed by atoms with van der Waals surface area (Å²) in [4.78, 5) is 13.4. The lowest BCUT2D eigenvalue weighted by atomic mass is 9.89. The molecule has 1 amide bonds. The summed E-state index contributed by atoms with van der Waals surface area (Å²) in [5, 5.41) is 13.0. The second-order valence-electron chi connectivity index (χ2n) is 6.32. The molecular weight excluding hydrogens is 320 g/mol. The predicted molar refractivity (Wildman–Crippen MR) is 95.5 cm³/mol. The van der Waals surface area contributed by atoms with Gasteiger partial charge in [0, 0.05) is 4.88 Å². The van der Waals surface area contributed by atoms with Crippen molar-refractivity contribution in [3.63, 3.8) is 0 Å². The number of benzene rings is 1.